The Balaban J connectivity index is 2.09. The smallest absolute Gasteiger partial charge is 0.340 e. The topological polar surface area (TPSA) is 61.8 Å². The van der Waals surface area contributed by atoms with Crippen LogP contribution in [0.3, 0.4) is 0 Å². The molecule has 2 aromatic carbocycles. The van der Waals surface area contributed by atoms with Crippen molar-refractivity contribution in [1.82, 2.24) is 0 Å². The van der Waals surface area contributed by atoms with Gasteiger partial charge in [0.2, 0.25) is 0 Å². The molecular weight excluding hydrogens is 358 g/mol. The van der Waals surface area contributed by atoms with Gasteiger partial charge in [-0.05, 0) is 30.3 Å². The molecule has 0 atom stereocenters. The molecule has 0 heterocycles. The van der Waals surface area contributed by atoms with E-state index < -0.39 is 30.0 Å². The molecule has 0 aromatic heterocycles. The maximum Gasteiger partial charge on any atom is 0.340 e. The standard InChI is InChI=1S/C17H13ClF2O5/c1-23-15-4-3-9(5-16(15)24-2)14(21)8-25-17(22)10-6-12(19)13(20)7-11(10)18/h3-7H,8H2,1-2H3. The van der Waals surface area contributed by atoms with Gasteiger partial charge in [-0.2, -0.15) is 0 Å². The van der Waals surface area contributed by atoms with Crippen molar-refractivity contribution in [2.45, 2.75) is 0 Å². The van der Waals surface area contributed by atoms with E-state index in [1.165, 1.54) is 32.4 Å². The lowest BCUT2D eigenvalue weighted by atomic mass is 10.1. The fraction of sp³-hybridized carbons (Fsp3) is 0.176. The number of ketones is 1. The van der Waals surface area contributed by atoms with Gasteiger partial charge in [0.1, 0.15) is 0 Å². The van der Waals surface area contributed by atoms with Gasteiger partial charge in [-0.15, -0.1) is 0 Å². The molecule has 0 saturated heterocycles. The number of benzene rings is 2. The molecule has 0 spiro atoms. The highest BCUT2D eigenvalue weighted by Gasteiger charge is 2.18. The number of halogens is 3. The number of esters is 1. The molecule has 0 aliphatic heterocycles. The Bertz CT molecular complexity index is 823. The Labute approximate surface area is 147 Å². The van der Waals surface area contributed by atoms with Crippen LogP contribution < -0.4 is 9.47 Å². The zero-order valence-electron chi connectivity index (χ0n) is 13.3. The highest BCUT2D eigenvalue weighted by molar-refractivity contribution is 6.33. The Morgan fingerprint density at radius 3 is 2.28 bits per heavy atom. The summed E-state index contributed by atoms with van der Waals surface area (Å²) in [5.74, 6) is -3.23. The van der Waals surface area contributed by atoms with Gasteiger partial charge in [0.05, 0.1) is 24.8 Å². The first-order valence-electron chi connectivity index (χ1n) is 6.94. The lowest BCUT2D eigenvalue weighted by Crippen LogP contribution is -2.15. The number of methoxy groups -OCH3 is 2. The number of carbonyl (C=O) groups is 2. The molecule has 0 saturated carbocycles. The van der Waals surface area contributed by atoms with Crippen LogP contribution in [-0.2, 0) is 4.74 Å². The van der Waals surface area contributed by atoms with E-state index in [0.717, 1.165) is 0 Å². The van der Waals surface area contributed by atoms with E-state index in [1.54, 1.807) is 0 Å². The first-order chi connectivity index (χ1) is 11.9. The van der Waals surface area contributed by atoms with Crippen molar-refractivity contribution in [3.63, 3.8) is 0 Å². The molecule has 0 fully saturated rings. The SMILES string of the molecule is COc1ccc(C(=O)COC(=O)c2cc(F)c(F)cc2Cl)cc1OC. The van der Waals surface area contributed by atoms with E-state index >= 15 is 0 Å². The molecule has 25 heavy (non-hydrogen) atoms. The molecule has 0 unspecified atom stereocenters. The van der Waals surface area contributed by atoms with Crippen molar-refractivity contribution in [3.05, 3.63) is 58.1 Å². The average Bonchev–Trinajstić information content (AvgIpc) is 2.61. The fourth-order valence-electron chi connectivity index (χ4n) is 1.98. The van der Waals surface area contributed by atoms with E-state index in [4.69, 9.17) is 25.8 Å². The summed E-state index contributed by atoms with van der Waals surface area (Å²) in [4.78, 5) is 24.0. The number of hydrogen-bond donors (Lipinski definition) is 0. The second-order valence-corrected chi connectivity index (χ2v) is 5.22. The number of Topliss-reactive ketones (excluding diaryl/α,β-unsaturated/α-hetero) is 1. The second-order valence-electron chi connectivity index (χ2n) is 4.82. The number of ether oxygens (including phenoxy) is 3. The molecule has 2 aromatic rings. The third-order valence-electron chi connectivity index (χ3n) is 3.27. The first-order valence-corrected chi connectivity index (χ1v) is 7.32. The molecule has 0 N–H and O–H groups in total. The molecule has 5 nitrogen and oxygen atoms in total. The van der Waals surface area contributed by atoms with Gasteiger partial charge in [-0.1, -0.05) is 11.6 Å². The summed E-state index contributed by atoms with van der Waals surface area (Å²) in [7, 11) is 2.86. The van der Waals surface area contributed by atoms with Crippen molar-refractivity contribution in [2.24, 2.45) is 0 Å². The van der Waals surface area contributed by atoms with E-state index in [2.05, 4.69) is 0 Å². The minimum atomic E-state index is -1.25. The highest BCUT2D eigenvalue weighted by Crippen LogP contribution is 2.28. The molecule has 0 radical (unpaired) electrons. The summed E-state index contributed by atoms with van der Waals surface area (Å²) < 4.78 is 41.2. The van der Waals surface area contributed by atoms with Crippen molar-refractivity contribution < 1.29 is 32.6 Å². The largest absolute Gasteiger partial charge is 0.493 e. The van der Waals surface area contributed by atoms with E-state index in [1.807, 2.05) is 0 Å². The zero-order chi connectivity index (χ0) is 18.6. The fourth-order valence-corrected chi connectivity index (χ4v) is 2.21. The van der Waals surface area contributed by atoms with Crippen LogP contribution in [0.5, 0.6) is 11.5 Å². The van der Waals surface area contributed by atoms with Crippen LogP contribution in [0, 0.1) is 11.6 Å². The van der Waals surface area contributed by atoms with E-state index in [-0.39, 0.29) is 16.1 Å². The van der Waals surface area contributed by atoms with Crippen LogP contribution in [0.4, 0.5) is 8.78 Å². The summed E-state index contributed by atoms with van der Waals surface area (Å²) in [5, 5.41) is -0.317. The third kappa shape index (κ3) is 4.24. The van der Waals surface area contributed by atoms with Crippen LogP contribution in [0.2, 0.25) is 5.02 Å². The van der Waals surface area contributed by atoms with Gasteiger partial charge in [0, 0.05) is 5.56 Å². The summed E-state index contributed by atoms with van der Waals surface area (Å²) in [6, 6.07) is 5.70. The van der Waals surface area contributed by atoms with Gasteiger partial charge in [-0.25, -0.2) is 13.6 Å². The lowest BCUT2D eigenvalue weighted by molar-refractivity contribution is 0.0474. The average molecular weight is 371 g/mol. The molecule has 0 aliphatic carbocycles. The predicted molar refractivity (Wildman–Crippen MR) is 85.5 cm³/mol. The van der Waals surface area contributed by atoms with Crippen LogP contribution in [0.15, 0.2) is 30.3 Å². The molecule has 0 aliphatic rings. The lowest BCUT2D eigenvalue weighted by Gasteiger charge is -2.10. The first kappa shape index (κ1) is 18.7. The zero-order valence-corrected chi connectivity index (χ0v) is 14.0. The van der Waals surface area contributed by atoms with Crippen molar-refractivity contribution in [3.8, 4) is 11.5 Å². The maximum atomic E-state index is 13.2. The van der Waals surface area contributed by atoms with Crippen LogP contribution in [-0.4, -0.2) is 32.6 Å². The van der Waals surface area contributed by atoms with E-state index in [9.17, 15) is 18.4 Å². The predicted octanol–water partition coefficient (Wildman–Crippen LogP) is 3.68. The van der Waals surface area contributed by atoms with Gasteiger partial charge in [-0.3, -0.25) is 4.79 Å². The van der Waals surface area contributed by atoms with Crippen molar-refractivity contribution in [2.75, 3.05) is 20.8 Å². The minimum Gasteiger partial charge on any atom is -0.493 e. The third-order valence-corrected chi connectivity index (χ3v) is 3.58. The number of hydrogen-bond acceptors (Lipinski definition) is 5. The van der Waals surface area contributed by atoms with Crippen molar-refractivity contribution in [1.29, 1.82) is 0 Å². The molecule has 2 rings (SSSR count). The Morgan fingerprint density at radius 2 is 1.64 bits per heavy atom. The van der Waals surface area contributed by atoms with Crippen LogP contribution in [0.1, 0.15) is 20.7 Å². The maximum absolute atomic E-state index is 13.2. The number of carbonyl (C=O) groups excluding carboxylic acids is 2. The van der Waals surface area contributed by atoms with Gasteiger partial charge in [0.15, 0.2) is 35.5 Å². The molecule has 0 bridgehead atoms. The molecule has 8 heteroatoms. The van der Waals surface area contributed by atoms with Gasteiger partial charge in [0.25, 0.3) is 0 Å². The second kappa shape index (κ2) is 7.94. The van der Waals surface area contributed by atoms with Crippen LogP contribution in [0.25, 0.3) is 0 Å². The molecule has 0 amide bonds. The Kier molecular flexibility index (Phi) is 5.93. The minimum absolute atomic E-state index is 0.224. The van der Waals surface area contributed by atoms with Gasteiger partial charge < -0.3 is 14.2 Å². The monoisotopic (exact) mass is 370 g/mol. The summed E-state index contributed by atoms with van der Waals surface area (Å²) in [6.45, 7) is -0.607. The Morgan fingerprint density at radius 1 is 1.00 bits per heavy atom. The van der Waals surface area contributed by atoms with Crippen LogP contribution >= 0.6 is 11.6 Å². The highest BCUT2D eigenvalue weighted by atomic mass is 35.5. The summed E-state index contributed by atoms with van der Waals surface area (Å²) in [6.07, 6.45) is 0. The molecule has 132 valence electrons. The summed E-state index contributed by atoms with van der Waals surface area (Å²) >= 11 is 5.68. The normalized spacial score (nSPS) is 10.3. The number of rotatable bonds is 6. The molecular formula is C17H13ClF2O5. The van der Waals surface area contributed by atoms with E-state index in [0.29, 0.717) is 23.6 Å². The van der Waals surface area contributed by atoms with Gasteiger partial charge >= 0.3 is 5.97 Å². The van der Waals surface area contributed by atoms with Crippen molar-refractivity contribution >= 4 is 23.4 Å². The quantitative estimate of drug-likeness (QED) is 0.441. The summed E-state index contributed by atoms with van der Waals surface area (Å²) in [5.41, 5.74) is -0.150. The Hall–Kier alpha value is -2.67.